The number of fused-ring (bicyclic) bond motifs is 1. The molecule has 2 aliphatic heterocycles. The van der Waals surface area contributed by atoms with Crippen LogP contribution >= 0.6 is 0 Å². The number of aryl methyl sites for hydroxylation is 1. The fourth-order valence-electron chi connectivity index (χ4n) is 5.59. The van der Waals surface area contributed by atoms with Gasteiger partial charge in [-0.1, -0.05) is 30.3 Å². The van der Waals surface area contributed by atoms with E-state index in [9.17, 15) is 13.2 Å². The van der Waals surface area contributed by atoms with Crippen molar-refractivity contribution in [3.63, 3.8) is 0 Å². The molecule has 0 N–H and O–H groups in total. The summed E-state index contributed by atoms with van der Waals surface area (Å²) in [6.45, 7) is 6.51. The van der Waals surface area contributed by atoms with Crippen LogP contribution in [-0.2, 0) is 25.7 Å². The van der Waals surface area contributed by atoms with E-state index in [0.717, 1.165) is 73.9 Å². The summed E-state index contributed by atoms with van der Waals surface area (Å²) in [5.74, 6) is 1.65. The van der Waals surface area contributed by atoms with Crippen LogP contribution in [-0.4, -0.2) is 44.3 Å². The first-order valence-electron chi connectivity index (χ1n) is 13.5. The van der Waals surface area contributed by atoms with Crippen molar-refractivity contribution in [2.45, 2.75) is 51.9 Å². The third-order valence-corrected chi connectivity index (χ3v) is 7.68. The lowest BCUT2D eigenvalue weighted by atomic mass is 10.0. The van der Waals surface area contributed by atoms with E-state index in [1.165, 1.54) is 42.8 Å². The van der Waals surface area contributed by atoms with E-state index in [1.54, 1.807) is 0 Å². The largest absolute Gasteiger partial charge is 0.416 e. The molecule has 0 aliphatic carbocycles. The van der Waals surface area contributed by atoms with Gasteiger partial charge in [-0.3, -0.25) is 4.90 Å². The van der Waals surface area contributed by atoms with Crippen molar-refractivity contribution in [3.8, 4) is 17.1 Å². The Kier molecular flexibility index (Phi) is 6.85. The van der Waals surface area contributed by atoms with Gasteiger partial charge in [0.1, 0.15) is 5.82 Å². The summed E-state index contributed by atoms with van der Waals surface area (Å²) in [4.78, 5) is 14.1. The van der Waals surface area contributed by atoms with Gasteiger partial charge < -0.3 is 4.90 Å². The number of benzene rings is 2. The highest BCUT2D eigenvalue weighted by Crippen LogP contribution is 2.33. The molecule has 1 fully saturated rings. The molecule has 2 aromatic carbocycles. The normalized spacial score (nSPS) is 16.4. The summed E-state index contributed by atoms with van der Waals surface area (Å²) in [6, 6.07) is 15.4. The third kappa shape index (κ3) is 5.28. The second-order valence-corrected chi connectivity index (χ2v) is 10.4. The van der Waals surface area contributed by atoms with Crippen LogP contribution in [0.4, 0.5) is 19.0 Å². The highest BCUT2D eigenvalue weighted by Gasteiger charge is 2.30. The van der Waals surface area contributed by atoms with Crippen molar-refractivity contribution >= 4 is 5.82 Å². The Bertz CT molecular complexity index is 1440. The summed E-state index contributed by atoms with van der Waals surface area (Å²) in [5.41, 5.74) is 5.30. The lowest BCUT2D eigenvalue weighted by Gasteiger charge is -2.32. The molecule has 2 aromatic heterocycles. The van der Waals surface area contributed by atoms with Gasteiger partial charge in [0.2, 0.25) is 0 Å². The molecule has 9 heteroatoms. The standard InChI is InChI=1S/C30H31F3N6/c1-21-26(29(38-15-6-3-7-16-38)39(36-21)25-8-4-2-5-9-25)20-37-17-14-27-23(19-37)18-34-28(35-27)22-10-12-24(13-11-22)30(31,32)33/h2,4-5,8-13,18H,3,6-7,14-17,19-20H2,1H3. The van der Waals surface area contributed by atoms with Gasteiger partial charge >= 0.3 is 6.18 Å². The number of alkyl halides is 3. The summed E-state index contributed by atoms with van der Waals surface area (Å²) >= 11 is 0. The van der Waals surface area contributed by atoms with E-state index in [0.29, 0.717) is 11.4 Å². The van der Waals surface area contributed by atoms with Gasteiger partial charge in [-0.25, -0.2) is 14.6 Å². The van der Waals surface area contributed by atoms with Crippen LogP contribution in [0.2, 0.25) is 0 Å². The number of hydrogen-bond acceptors (Lipinski definition) is 5. The number of hydrogen-bond donors (Lipinski definition) is 0. The zero-order valence-electron chi connectivity index (χ0n) is 22.0. The van der Waals surface area contributed by atoms with Gasteiger partial charge in [0.25, 0.3) is 0 Å². The maximum absolute atomic E-state index is 12.9. The fourth-order valence-corrected chi connectivity index (χ4v) is 5.59. The van der Waals surface area contributed by atoms with Crippen LogP contribution in [0.3, 0.4) is 0 Å². The Hall–Kier alpha value is -3.72. The summed E-state index contributed by atoms with van der Waals surface area (Å²) in [5, 5.41) is 4.99. The molecule has 2 aliphatic rings. The first-order valence-corrected chi connectivity index (χ1v) is 13.5. The van der Waals surface area contributed by atoms with Crippen LogP contribution in [0.25, 0.3) is 17.1 Å². The molecular formula is C30H31F3N6. The van der Waals surface area contributed by atoms with Crippen molar-refractivity contribution in [1.82, 2.24) is 24.6 Å². The number of aromatic nitrogens is 4. The van der Waals surface area contributed by atoms with E-state index >= 15 is 0 Å². The smallest absolute Gasteiger partial charge is 0.356 e. The zero-order valence-corrected chi connectivity index (χ0v) is 22.0. The Morgan fingerprint density at radius 3 is 2.36 bits per heavy atom. The van der Waals surface area contributed by atoms with E-state index < -0.39 is 11.7 Å². The topological polar surface area (TPSA) is 50.1 Å². The van der Waals surface area contributed by atoms with Gasteiger partial charge in [-0.05, 0) is 50.5 Å². The van der Waals surface area contributed by atoms with Crippen molar-refractivity contribution in [3.05, 3.63) is 88.9 Å². The van der Waals surface area contributed by atoms with Crippen LogP contribution in [0, 0.1) is 6.92 Å². The maximum Gasteiger partial charge on any atom is 0.416 e. The van der Waals surface area contributed by atoms with Crippen molar-refractivity contribution in [2.75, 3.05) is 24.5 Å². The highest BCUT2D eigenvalue weighted by molar-refractivity contribution is 5.57. The quantitative estimate of drug-likeness (QED) is 0.306. The van der Waals surface area contributed by atoms with Gasteiger partial charge in [-0.15, -0.1) is 0 Å². The third-order valence-electron chi connectivity index (χ3n) is 7.68. The van der Waals surface area contributed by atoms with Crippen LogP contribution < -0.4 is 4.90 Å². The minimum atomic E-state index is -4.36. The number of nitrogens with zero attached hydrogens (tertiary/aromatic N) is 6. The summed E-state index contributed by atoms with van der Waals surface area (Å²) in [6.07, 6.45) is 1.87. The van der Waals surface area contributed by atoms with E-state index in [-0.39, 0.29) is 0 Å². The summed E-state index contributed by atoms with van der Waals surface area (Å²) in [7, 11) is 0. The van der Waals surface area contributed by atoms with Gasteiger partial charge in [0.15, 0.2) is 5.82 Å². The molecular weight excluding hydrogens is 501 g/mol. The Labute approximate surface area is 226 Å². The first kappa shape index (κ1) is 25.6. The van der Waals surface area contributed by atoms with Crippen LogP contribution in [0.5, 0.6) is 0 Å². The molecule has 202 valence electrons. The number of rotatable bonds is 5. The predicted molar refractivity (Wildman–Crippen MR) is 145 cm³/mol. The van der Waals surface area contributed by atoms with Gasteiger partial charge in [0.05, 0.1) is 22.6 Å². The molecule has 4 heterocycles. The monoisotopic (exact) mass is 532 g/mol. The van der Waals surface area contributed by atoms with Crippen molar-refractivity contribution < 1.29 is 13.2 Å². The minimum Gasteiger partial charge on any atom is -0.356 e. The lowest BCUT2D eigenvalue weighted by Crippen LogP contribution is -2.34. The lowest BCUT2D eigenvalue weighted by molar-refractivity contribution is -0.137. The molecule has 6 rings (SSSR count). The van der Waals surface area contributed by atoms with E-state index in [4.69, 9.17) is 10.1 Å². The molecule has 0 amide bonds. The number of piperidine rings is 1. The fraction of sp³-hybridized carbons (Fsp3) is 0.367. The van der Waals surface area contributed by atoms with E-state index in [2.05, 4.69) is 38.5 Å². The van der Waals surface area contributed by atoms with Gasteiger partial charge in [-0.2, -0.15) is 18.3 Å². The second-order valence-electron chi connectivity index (χ2n) is 10.4. The molecule has 0 bridgehead atoms. The highest BCUT2D eigenvalue weighted by atomic mass is 19.4. The first-order chi connectivity index (χ1) is 18.9. The van der Waals surface area contributed by atoms with Crippen LogP contribution in [0.1, 0.15) is 47.3 Å². The Balaban J connectivity index is 1.24. The molecule has 0 atom stereocenters. The summed E-state index contributed by atoms with van der Waals surface area (Å²) < 4.78 is 40.9. The van der Waals surface area contributed by atoms with E-state index in [1.807, 2.05) is 24.4 Å². The maximum atomic E-state index is 12.9. The minimum absolute atomic E-state index is 0.461. The second kappa shape index (κ2) is 10.4. The average molecular weight is 533 g/mol. The molecule has 0 radical (unpaired) electrons. The van der Waals surface area contributed by atoms with Crippen molar-refractivity contribution in [2.24, 2.45) is 0 Å². The predicted octanol–water partition coefficient (Wildman–Crippen LogP) is 6.21. The molecule has 0 unspecified atom stereocenters. The Morgan fingerprint density at radius 2 is 1.64 bits per heavy atom. The molecule has 1 saturated heterocycles. The SMILES string of the molecule is Cc1nn(-c2ccccc2)c(N2CCCCC2)c1CN1CCc2nc(-c3ccc(C(F)(F)F)cc3)ncc2C1. The van der Waals surface area contributed by atoms with Crippen LogP contribution in [0.15, 0.2) is 60.8 Å². The number of para-hydroxylation sites is 1. The molecule has 6 nitrogen and oxygen atoms in total. The Morgan fingerprint density at radius 1 is 0.897 bits per heavy atom. The average Bonchev–Trinajstić information content (AvgIpc) is 3.29. The van der Waals surface area contributed by atoms with Gasteiger partial charge in [0, 0.05) is 62.0 Å². The number of anilines is 1. The zero-order chi connectivity index (χ0) is 27.0. The molecule has 39 heavy (non-hydrogen) atoms. The number of halogens is 3. The molecule has 0 spiro atoms. The molecule has 0 saturated carbocycles. The van der Waals surface area contributed by atoms with Crippen molar-refractivity contribution in [1.29, 1.82) is 0 Å². The molecule has 4 aromatic rings.